The van der Waals surface area contributed by atoms with Crippen molar-refractivity contribution in [1.29, 1.82) is 5.41 Å². The summed E-state index contributed by atoms with van der Waals surface area (Å²) in [5, 5.41) is 7.56. The predicted molar refractivity (Wildman–Crippen MR) is 139 cm³/mol. The van der Waals surface area contributed by atoms with E-state index in [9.17, 15) is 4.79 Å². The zero-order valence-corrected chi connectivity index (χ0v) is 20.6. The second kappa shape index (κ2) is 11.2. The molecule has 4 rings (SSSR count). The van der Waals surface area contributed by atoms with Crippen molar-refractivity contribution in [2.24, 2.45) is 0 Å². The van der Waals surface area contributed by atoms with E-state index < -0.39 is 0 Å². The lowest BCUT2D eigenvalue weighted by Crippen LogP contribution is -2.42. The van der Waals surface area contributed by atoms with Gasteiger partial charge in [-0.3, -0.25) is 9.20 Å². The van der Waals surface area contributed by atoms with Gasteiger partial charge >= 0.3 is 0 Å². The third kappa shape index (κ3) is 5.88. The lowest BCUT2D eigenvalue weighted by atomic mass is 10.0. The smallest absolute Gasteiger partial charge is 0.258 e. The molecular weight excluding hydrogens is 410 g/mol. The molecule has 1 aliphatic rings. The van der Waals surface area contributed by atoms with Crippen LogP contribution in [0.3, 0.4) is 0 Å². The summed E-state index contributed by atoms with van der Waals surface area (Å²) in [4.78, 5) is 22.2. The van der Waals surface area contributed by atoms with E-state index in [1.807, 2.05) is 37.4 Å². The molecule has 1 N–H and O–H groups in total. The van der Waals surface area contributed by atoms with Crippen LogP contribution in [-0.4, -0.2) is 53.7 Å². The number of pyridine rings is 1. The molecule has 1 saturated heterocycles. The molecule has 0 amide bonds. The summed E-state index contributed by atoms with van der Waals surface area (Å²) in [5.41, 5.74) is 4.96. The molecule has 6 heteroatoms. The highest BCUT2D eigenvalue weighted by Gasteiger charge is 2.21. The highest BCUT2D eigenvalue weighted by Crippen LogP contribution is 2.23. The first-order valence-corrected chi connectivity index (χ1v) is 11.9. The number of nitrogens with one attached hydrogen (secondary N) is 1. The van der Waals surface area contributed by atoms with Gasteiger partial charge in [-0.15, -0.1) is 0 Å². The molecule has 3 heterocycles. The summed E-state index contributed by atoms with van der Waals surface area (Å²) in [6, 6.07) is 12.0. The standard InChI is InChI=1S/C23H27N5O.C4H10/c1-16-4-5-17(12-18(16)14-24)21-13-23(29)28-15-20(6-7-22(28)25-21)27-10-8-19(9-11-27)26(2)3;1-3-4-2/h4-7,12-15,19,24H,8-11H2,1-3H3;3-4H2,1-2H3. The number of piperidine rings is 1. The maximum absolute atomic E-state index is 12.8. The van der Waals surface area contributed by atoms with Gasteiger partial charge in [0.1, 0.15) is 5.65 Å². The molecule has 0 unspecified atom stereocenters. The zero-order chi connectivity index (χ0) is 24.0. The first-order valence-electron chi connectivity index (χ1n) is 11.9. The highest BCUT2D eigenvalue weighted by atomic mass is 16.1. The maximum atomic E-state index is 12.8. The van der Waals surface area contributed by atoms with Crippen molar-refractivity contribution in [1.82, 2.24) is 14.3 Å². The second-order valence-corrected chi connectivity index (χ2v) is 8.99. The Hall–Kier alpha value is -2.99. The number of rotatable bonds is 5. The Bertz CT molecular complexity index is 1140. The molecule has 1 aliphatic heterocycles. The molecule has 33 heavy (non-hydrogen) atoms. The molecule has 3 aromatic rings. The third-order valence-electron chi connectivity index (χ3n) is 6.43. The summed E-state index contributed by atoms with van der Waals surface area (Å²) in [6.07, 6.45) is 8.13. The summed E-state index contributed by atoms with van der Waals surface area (Å²) < 4.78 is 1.63. The van der Waals surface area contributed by atoms with E-state index in [-0.39, 0.29) is 5.56 Å². The fraction of sp³-hybridized carbons (Fsp3) is 0.444. The van der Waals surface area contributed by atoms with E-state index in [1.54, 1.807) is 10.5 Å². The first kappa shape index (κ1) is 24.6. The predicted octanol–water partition coefficient (Wildman–Crippen LogP) is 5.00. The Labute approximate surface area is 197 Å². The van der Waals surface area contributed by atoms with Gasteiger partial charge in [0.05, 0.1) is 11.4 Å². The number of benzene rings is 1. The first-order chi connectivity index (χ1) is 15.9. The third-order valence-corrected chi connectivity index (χ3v) is 6.43. The van der Waals surface area contributed by atoms with Crippen molar-refractivity contribution in [3.63, 3.8) is 0 Å². The lowest BCUT2D eigenvalue weighted by molar-refractivity contribution is 0.249. The molecule has 0 aliphatic carbocycles. The average Bonchev–Trinajstić information content (AvgIpc) is 2.84. The monoisotopic (exact) mass is 447 g/mol. The van der Waals surface area contributed by atoms with Crippen LogP contribution in [0.5, 0.6) is 0 Å². The van der Waals surface area contributed by atoms with Crippen LogP contribution in [0.15, 0.2) is 47.4 Å². The molecule has 2 aromatic heterocycles. The van der Waals surface area contributed by atoms with E-state index in [2.05, 4.69) is 43.8 Å². The van der Waals surface area contributed by atoms with Crippen molar-refractivity contribution in [2.45, 2.75) is 52.5 Å². The molecule has 1 fully saturated rings. The van der Waals surface area contributed by atoms with Crippen LogP contribution in [0.4, 0.5) is 5.69 Å². The Morgan fingerprint density at radius 2 is 1.79 bits per heavy atom. The van der Waals surface area contributed by atoms with Crippen LogP contribution >= 0.6 is 0 Å². The molecule has 0 radical (unpaired) electrons. The van der Waals surface area contributed by atoms with Crippen LogP contribution in [0.25, 0.3) is 16.9 Å². The van der Waals surface area contributed by atoms with Crippen LogP contribution in [0.2, 0.25) is 0 Å². The number of nitrogens with zero attached hydrogens (tertiary/aromatic N) is 4. The van der Waals surface area contributed by atoms with E-state index in [4.69, 9.17) is 10.4 Å². The molecule has 1 aromatic carbocycles. The summed E-state index contributed by atoms with van der Waals surface area (Å²) in [5.74, 6) is 0. The number of fused-ring (bicyclic) bond motifs is 1. The van der Waals surface area contributed by atoms with Crippen molar-refractivity contribution in [3.05, 3.63) is 64.1 Å². The summed E-state index contributed by atoms with van der Waals surface area (Å²) in [6.45, 7) is 8.31. The van der Waals surface area contributed by atoms with E-state index in [0.29, 0.717) is 17.4 Å². The van der Waals surface area contributed by atoms with Gasteiger partial charge in [-0.05, 0) is 63.2 Å². The van der Waals surface area contributed by atoms with Crippen molar-refractivity contribution < 1.29 is 0 Å². The number of hydrogen-bond acceptors (Lipinski definition) is 5. The van der Waals surface area contributed by atoms with Crippen molar-refractivity contribution in [2.75, 3.05) is 32.1 Å². The average molecular weight is 448 g/mol. The lowest BCUT2D eigenvalue weighted by Gasteiger charge is -2.36. The molecule has 0 saturated carbocycles. The van der Waals surface area contributed by atoms with Crippen molar-refractivity contribution >= 4 is 17.5 Å². The minimum atomic E-state index is -0.0907. The largest absolute Gasteiger partial charge is 0.370 e. The van der Waals surface area contributed by atoms with Crippen LogP contribution < -0.4 is 10.5 Å². The SMILES string of the molecule is CCCC.Cc1ccc(-c2cc(=O)n3cc(N4CCC(N(C)C)CC4)ccc3n2)cc1C=N. The molecule has 176 valence electrons. The van der Waals surface area contributed by atoms with Crippen LogP contribution in [0.1, 0.15) is 50.7 Å². The highest BCUT2D eigenvalue weighted by molar-refractivity contribution is 5.82. The van der Waals surface area contributed by atoms with Gasteiger partial charge in [-0.1, -0.05) is 38.8 Å². The fourth-order valence-electron chi connectivity index (χ4n) is 4.02. The number of unbranched alkanes of at least 4 members (excludes halogenated alkanes) is 1. The fourth-order valence-corrected chi connectivity index (χ4v) is 4.02. The van der Waals surface area contributed by atoms with Gasteiger partial charge in [0.2, 0.25) is 0 Å². The van der Waals surface area contributed by atoms with E-state index in [0.717, 1.165) is 48.3 Å². The molecule has 0 spiro atoms. The number of hydrogen-bond donors (Lipinski definition) is 1. The van der Waals surface area contributed by atoms with Gasteiger partial charge < -0.3 is 15.2 Å². The number of anilines is 1. The summed E-state index contributed by atoms with van der Waals surface area (Å²) >= 11 is 0. The number of aromatic nitrogens is 2. The number of aryl methyl sites for hydroxylation is 1. The van der Waals surface area contributed by atoms with Gasteiger partial charge in [-0.2, -0.15) is 0 Å². The minimum Gasteiger partial charge on any atom is -0.370 e. The van der Waals surface area contributed by atoms with Crippen molar-refractivity contribution in [3.8, 4) is 11.3 Å². The van der Waals surface area contributed by atoms with Gasteiger partial charge in [0.25, 0.3) is 5.56 Å². The van der Waals surface area contributed by atoms with E-state index in [1.165, 1.54) is 19.1 Å². The Morgan fingerprint density at radius 1 is 1.09 bits per heavy atom. The zero-order valence-electron chi connectivity index (χ0n) is 20.6. The van der Waals surface area contributed by atoms with Gasteiger partial charge in [-0.25, -0.2) is 4.98 Å². The van der Waals surface area contributed by atoms with Crippen LogP contribution in [0, 0.1) is 12.3 Å². The Balaban J connectivity index is 0.000000709. The topological polar surface area (TPSA) is 64.7 Å². The Morgan fingerprint density at radius 3 is 2.39 bits per heavy atom. The molecule has 0 atom stereocenters. The second-order valence-electron chi connectivity index (χ2n) is 8.99. The van der Waals surface area contributed by atoms with E-state index >= 15 is 0 Å². The maximum Gasteiger partial charge on any atom is 0.258 e. The molecular formula is C27H37N5O. The molecule has 0 bridgehead atoms. The summed E-state index contributed by atoms with van der Waals surface area (Å²) in [7, 11) is 4.27. The van der Waals surface area contributed by atoms with Crippen LogP contribution in [-0.2, 0) is 0 Å². The Kier molecular flexibility index (Phi) is 8.39. The normalized spacial score (nSPS) is 14.3. The van der Waals surface area contributed by atoms with Gasteiger partial charge in [0, 0.05) is 43.2 Å². The van der Waals surface area contributed by atoms with Gasteiger partial charge in [0.15, 0.2) is 0 Å². The quantitative estimate of drug-likeness (QED) is 0.559. The molecule has 6 nitrogen and oxygen atoms in total. The minimum absolute atomic E-state index is 0.0907.